The highest BCUT2D eigenvalue weighted by molar-refractivity contribution is 9.10. The Labute approximate surface area is 881 Å². The number of imidazole rings is 2. The van der Waals surface area contributed by atoms with E-state index >= 15 is 0 Å². The van der Waals surface area contributed by atoms with Gasteiger partial charge in [0.15, 0.2) is 54.5 Å². The number of aryl methyl sites for hydroxylation is 4. The molecular weight excluding hydrogens is 2000 g/mol. The molecule has 15 aromatic rings. The first kappa shape index (κ1) is 109. The van der Waals surface area contributed by atoms with Crippen LogP contribution in [-0.2, 0) is 111 Å². The average molecular weight is 2140 g/mol. The van der Waals surface area contributed by atoms with Gasteiger partial charge in [-0.3, -0.25) is 49.2 Å². The van der Waals surface area contributed by atoms with Crippen LogP contribution in [0.5, 0.6) is 0 Å². The Hall–Kier alpha value is -11.8. The molecule has 11 aromatic heterocycles. The molecular formula is C114H136BBr2N17O14. The lowest BCUT2D eigenvalue weighted by Gasteiger charge is -2.32. The predicted octanol–water partition coefficient (Wildman–Crippen LogP) is 23.0. The predicted molar refractivity (Wildman–Crippen MR) is 580 cm³/mol. The Morgan fingerprint density at radius 3 is 1.21 bits per heavy atom. The zero-order valence-corrected chi connectivity index (χ0v) is 90.4. The minimum Gasteiger partial charge on any atom is -0.399 e. The standard InChI is InChI=1S/C28H33N5O2.C23H25N5O.C22H25N3O3.C19H25BN2O4.C9H12BrNO.C7H8BrNO.C6H8O2/c1-3-34-17-20-15-29-16-22(18(20)2)19-11-12-25-21(14-19)27(32-33(25)26-10-6-7-13-35-26)28-30-23-8-4-5-9-24(23)31-28;1-3-29-13-16-11-24-12-18(14(16)2)15-8-9-19-17(10-15)22(28-27-19)23-25-20-6-4-5-7-21(20)26-23;1-3-27-14-17-11-23-12-19(15(17)2)16-7-8-21-18(10-16)20(13-26)24-25(21)22-6-4-5-9-28-22;1-18(2)19(3,4)26-20(25-18)13-8-9-16-14(11-13)15(12-23)21-22(16)17-7-5-6-10-24-17;1-3-12-6-8-4-11-5-9(10)7(8)2;1-5-6(4-10)2-9-3-7(5)8;7-5-3-1-2-4-6(5)8/h11-12,14-16,26H,3-10,13,17H2,1-2H3,(H,30,31);8-12H,3-7,13H2,1-2H3,(H,25,26)(H,27,28);7-8,10-13,22H,3-6,9,14H2,1-2H3;8-9,11-12,17H,5-7,10H2,1-4H3;4-5H,3,6H2,1-2H3;2-3,10H,4H2,1H3;1-4H2. The van der Waals surface area contributed by atoms with Gasteiger partial charge in [-0.2, -0.15) is 20.4 Å². The van der Waals surface area contributed by atoms with Gasteiger partial charge in [0.25, 0.3) is 0 Å². The normalized spacial score (nSPS) is 17.3. The van der Waals surface area contributed by atoms with E-state index in [0.29, 0.717) is 70.5 Å². The minimum absolute atomic E-state index is 0.0339. The molecule has 4 N–H and O–H groups in total. The van der Waals surface area contributed by atoms with Gasteiger partial charge in [0.2, 0.25) is 0 Å². The SMILES string of the molecule is CC1(C)OB(c2ccc3c(c2)c(C=O)nn3C2CCCCO2)OC1(C)C.CCOCc1cncc(-c2ccc3[nH]nc(-c4nc5c([nH]4)CCCC5)c3c2)c1C.CCOCc1cncc(-c2ccc3c(c2)c(-c2nc4c([nH]2)CCCC4)nn3C2CCCCO2)c1C.CCOCc1cncc(-c2ccc3c(c2)c(C=O)nn3C2CCCCO2)c1C.CCOCc1cncc(Br)c1C.Cc1c(Br)cncc1CO.O=C1CCCCC1=O. The number of aldehydes is 2. The third-order valence-corrected chi connectivity index (χ3v) is 30.5. The molecule has 4 saturated heterocycles. The number of rotatable bonds is 24. The first-order valence-corrected chi connectivity index (χ1v) is 53.7. The lowest BCUT2D eigenvalue weighted by atomic mass is 9.78. The molecule has 3 atom stereocenters. The molecule has 0 bridgehead atoms. The highest BCUT2D eigenvalue weighted by Gasteiger charge is 2.52. The highest BCUT2D eigenvalue weighted by Crippen LogP contribution is 2.42. The van der Waals surface area contributed by atoms with Gasteiger partial charge in [0, 0.05) is 185 Å². The number of aromatic amines is 3. The third-order valence-electron chi connectivity index (χ3n) is 28.9. The molecule has 0 amide bonds. The zero-order valence-electron chi connectivity index (χ0n) is 87.3. The number of nitrogens with one attached hydrogen (secondary N) is 3. The van der Waals surface area contributed by atoms with Crippen LogP contribution in [0.3, 0.4) is 0 Å². The lowest BCUT2D eigenvalue weighted by molar-refractivity contribution is -0.137. The number of carbonyl (C=O) groups is 4. The second-order valence-electron chi connectivity index (χ2n) is 39.2. The number of Topliss-reactive ketones (excluding diaryl/α,β-unsaturated/α-hetero) is 2. The zero-order chi connectivity index (χ0) is 104. The van der Waals surface area contributed by atoms with E-state index in [0.717, 1.165) is 289 Å². The van der Waals surface area contributed by atoms with Crippen molar-refractivity contribution in [3.8, 4) is 56.4 Å². The van der Waals surface area contributed by atoms with Crippen molar-refractivity contribution in [2.24, 2.45) is 0 Å². The summed E-state index contributed by atoms with van der Waals surface area (Å²) in [6, 6.07) is 25.0. The molecule has 4 aliphatic heterocycles. The van der Waals surface area contributed by atoms with Crippen LogP contribution in [0.15, 0.2) is 144 Å². The number of H-pyrrole nitrogens is 3. The van der Waals surface area contributed by atoms with E-state index in [4.69, 9.17) is 62.6 Å². The van der Waals surface area contributed by atoms with Crippen molar-refractivity contribution in [1.29, 1.82) is 0 Å². The van der Waals surface area contributed by atoms with E-state index in [-0.39, 0.29) is 36.9 Å². The molecule has 778 valence electrons. The number of hydrogen-bond acceptors (Lipinski definition) is 25. The first-order valence-electron chi connectivity index (χ1n) is 52.1. The van der Waals surface area contributed by atoms with Crippen LogP contribution in [0.4, 0.5) is 0 Å². The molecule has 1 saturated carbocycles. The van der Waals surface area contributed by atoms with Crippen molar-refractivity contribution in [2.75, 3.05) is 46.2 Å². The molecule has 31 nitrogen and oxygen atoms in total. The molecule has 15 heterocycles. The van der Waals surface area contributed by atoms with E-state index in [9.17, 15) is 19.2 Å². The molecule has 34 heteroatoms. The van der Waals surface area contributed by atoms with Crippen molar-refractivity contribution < 1.29 is 66.8 Å². The average Bonchev–Trinajstić information content (AvgIpc) is 1.61. The van der Waals surface area contributed by atoms with Gasteiger partial charge in [0.1, 0.15) is 22.8 Å². The van der Waals surface area contributed by atoms with E-state index in [1.807, 2.05) is 145 Å². The van der Waals surface area contributed by atoms with Crippen LogP contribution in [-0.4, -0.2) is 178 Å². The summed E-state index contributed by atoms with van der Waals surface area (Å²) < 4.78 is 60.0. The summed E-state index contributed by atoms with van der Waals surface area (Å²) in [7, 11) is -0.460. The molecule has 3 aliphatic carbocycles. The van der Waals surface area contributed by atoms with E-state index in [1.54, 1.807) is 18.6 Å². The lowest BCUT2D eigenvalue weighted by Crippen LogP contribution is -2.41. The van der Waals surface area contributed by atoms with Crippen LogP contribution in [0.2, 0.25) is 0 Å². The number of carbonyl (C=O) groups excluding carboxylic acids is 4. The topological polar surface area (TPSA) is 376 Å². The van der Waals surface area contributed by atoms with Gasteiger partial charge >= 0.3 is 7.12 Å². The van der Waals surface area contributed by atoms with Crippen LogP contribution in [0.25, 0.3) is 100 Å². The largest absolute Gasteiger partial charge is 0.494 e. The number of benzene rings is 4. The minimum atomic E-state index is -0.460. The Morgan fingerprint density at radius 2 is 0.797 bits per heavy atom. The molecule has 3 unspecified atom stereocenters. The van der Waals surface area contributed by atoms with Crippen molar-refractivity contribution in [2.45, 2.75) is 288 Å². The molecule has 0 radical (unpaired) electrons. The maximum atomic E-state index is 11.7. The van der Waals surface area contributed by atoms with Gasteiger partial charge < -0.3 is 57.5 Å². The van der Waals surface area contributed by atoms with Crippen molar-refractivity contribution in [3.05, 3.63) is 234 Å². The molecule has 4 aromatic carbocycles. The number of ketones is 2. The summed E-state index contributed by atoms with van der Waals surface area (Å²) in [6.45, 7) is 33.9. The molecule has 0 spiro atoms. The van der Waals surface area contributed by atoms with Gasteiger partial charge in [-0.1, -0.05) is 30.3 Å². The fourth-order valence-electron chi connectivity index (χ4n) is 19.3. The van der Waals surface area contributed by atoms with Crippen molar-refractivity contribution in [1.82, 2.24) is 84.4 Å². The Balaban J connectivity index is 0.000000129. The van der Waals surface area contributed by atoms with Gasteiger partial charge in [0.05, 0.1) is 77.7 Å². The number of aliphatic hydroxyl groups excluding tert-OH is 1. The third kappa shape index (κ3) is 25.6. The maximum absolute atomic E-state index is 11.7. The van der Waals surface area contributed by atoms with Crippen molar-refractivity contribution >= 4 is 112 Å². The smallest absolute Gasteiger partial charge is 0.399 e. The number of pyridine rings is 5. The first-order chi connectivity index (χ1) is 71.8. The summed E-state index contributed by atoms with van der Waals surface area (Å²) in [5, 5.41) is 34.5. The van der Waals surface area contributed by atoms with E-state index in [1.165, 1.54) is 65.1 Å². The summed E-state index contributed by atoms with van der Waals surface area (Å²) >= 11 is 6.73. The molecule has 22 rings (SSSR count). The monoisotopic (exact) mass is 2140 g/mol. The molecule has 5 fully saturated rings. The number of nitrogens with zero attached hydrogens (tertiary/aromatic N) is 14. The van der Waals surface area contributed by atoms with Gasteiger partial charge in [-0.05, 0) is 359 Å². The van der Waals surface area contributed by atoms with E-state index < -0.39 is 18.3 Å². The van der Waals surface area contributed by atoms with Crippen molar-refractivity contribution in [3.63, 3.8) is 0 Å². The Bertz CT molecular complexity index is 7050. The number of ether oxygens (including phenoxy) is 7. The number of fused-ring (bicyclic) bond motifs is 6. The maximum Gasteiger partial charge on any atom is 0.494 e. The fraction of sp³-hybridized carbons (Fsp3) is 0.447. The van der Waals surface area contributed by atoms with Gasteiger partial charge in [-0.25, -0.2) is 24.0 Å². The van der Waals surface area contributed by atoms with Crippen LogP contribution in [0.1, 0.15) is 283 Å². The second-order valence-corrected chi connectivity index (χ2v) is 40.9. The number of hydrogen-bond donors (Lipinski definition) is 4. The number of aromatic nitrogens is 17. The van der Waals surface area contributed by atoms with Crippen LogP contribution < -0.4 is 5.46 Å². The molecule has 7 aliphatic rings. The van der Waals surface area contributed by atoms with Gasteiger partial charge in [-0.15, -0.1) is 0 Å². The highest BCUT2D eigenvalue weighted by atomic mass is 79.9. The summed E-state index contributed by atoms with van der Waals surface area (Å²) in [6.07, 6.45) is 41.1. The summed E-state index contributed by atoms with van der Waals surface area (Å²) in [5.41, 5.74) is 29.3. The van der Waals surface area contributed by atoms with Crippen LogP contribution in [0, 0.1) is 34.6 Å². The molecule has 148 heavy (non-hydrogen) atoms. The number of aliphatic hydroxyl groups is 1. The second kappa shape index (κ2) is 51.2. The van der Waals surface area contributed by atoms with Crippen LogP contribution >= 0.6 is 31.9 Å². The Morgan fingerprint density at radius 1 is 0.426 bits per heavy atom. The quantitative estimate of drug-likeness (QED) is 0.0248. The Kier molecular flexibility index (Phi) is 37.7. The summed E-state index contributed by atoms with van der Waals surface area (Å²) in [4.78, 5) is 82.4. The fourth-order valence-corrected chi connectivity index (χ4v) is 20.0. The summed E-state index contributed by atoms with van der Waals surface area (Å²) in [5.74, 6) is 1.39. The number of halogens is 2. The van der Waals surface area contributed by atoms with E-state index in [2.05, 4.69) is 162 Å².